The van der Waals surface area contributed by atoms with Gasteiger partial charge in [-0.05, 0) is 49.2 Å². The fourth-order valence-electron chi connectivity index (χ4n) is 2.13. The minimum Gasteiger partial charge on any atom is -0.504 e. The number of phenolic OH excluding ortho intramolecular Hbond substituents is 2. The summed E-state index contributed by atoms with van der Waals surface area (Å²) in [5.41, 5.74) is 1.48. The second-order valence-electron chi connectivity index (χ2n) is 5.40. The molecular weight excluding hydrogens is 337 g/mol. The summed E-state index contributed by atoms with van der Waals surface area (Å²) in [6, 6.07) is 8.17. The molecule has 0 saturated heterocycles. The highest BCUT2D eigenvalue weighted by molar-refractivity contribution is 5.99. The molecule has 0 radical (unpaired) electrons. The zero-order chi connectivity index (χ0) is 18.8. The van der Waals surface area contributed by atoms with Crippen LogP contribution >= 0.6 is 0 Å². The Kier molecular flexibility index (Phi) is 5.01. The molecule has 132 valence electrons. The van der Waals surface area contributed by atoms with Crippen molar-refractivity contribution in [1.29, 1.82) is 0 Å². The van der Waals surface area contributed by atoms with Crippen LogP contribution in [0.3, 0.4) is 0 Å². The number of nitrogens with zero attached hydrogens (tertiary/aromatic N) is 2. The summed E-state index contributed by atoms with van der Waals surface area (Å²) in [6.07, 6.45) is -4.12. The maximum absolute atomic E-state index is 12.9. The summed E-state index contributed by atoms with van der Waals surface area (Å²) >= 11 is 0. The number of alkyl halides is 3. The molecule has 2 aromatic carbocycles. The van der Waals surface area contributed by atoms with E-state index in [-0.39, 0.29) is 22.0 Å². The third-order valence-electron chi connectivity index (χ3n) is 3.34. The van der Waals surface area contributed by atoms with Crippen molar-refractivity contribution in [2.45, 2.75) is 20.0 Å². The maximum Gasteiger partial charge on any atom is 0.473 e. The number of halogens is 3. The first-order chi connectivity index (χ1) is 11.6. The first-order valence-corrected chi connectivity index (χ1v) is 7.14. The molecule has 0 fully saturated rings. The van der Waals surface area contributed by atoms with Crippen LogP contribution in [0, 0.1) is 13.8 Å². The van der Waals surface area contributed by atoms with Crippen molar-refractivity contribution in [2.75, 3.05) is 5.01 Å². The lowest BCUT2D eigenvalue weighted by Crippen LogP contribution is -2.38. The first kappa shape index (κ1) is 18.3. The standard InChI is InChI=1S/C17H15F3N2O3/c1-10-3-5-13(11(2)7-10)22(16(25)17(18,19)20)21-9-12-4-6-14(23)15(24)8-12/h3-9,23-24H,1-2H3/b21-9+. The van der Waals surface area contributed by atoms with Crippen LogP contribution in [-0.2, 0) is 4.79 Å². The lowest BCUT2D eigenvalue weighted by molar-refractivity contribution is -0.170. The number of carbonyl (C=O) groups excluding carboxylic acids is 1. The van der Waals surface area contributed by atoms with Gasteiger partial charge in [-0.25, -0.2) is 0 Å². The Morgan fingerprint density at radius 1 is 1.08 bits per heavy atom. The van der Waals surface area contributed by atoms with Crippen molar-refractivity contribution >= 4 is 17.8 Å². The Labute approximate surface area is 141 Å². The molecule has 1 amide bonds. The van der Waals surface area contributed by atoms with E-state index < -0.39 is 17.8 Å². The molecule has 0 spiro atoms. The molecular formula is C17H15F3N2O3. The summed E-state index contributed by atoms with van der Waals surface area (Å²) in [5, 5.41) is 22.6. The minimum atomic E-state index is -5.11. The van der Waals surface area contributed by atoms with Gasteiger partial charge in [0.25, 0.3) is 0 Å². The van der Waals surface area contributed by atoms with E-state index in [4.69, 9.17) is 0 Å². The zero-order valence-corrected chi connectivity index (χ0v) is 13.4. The molecule has 0 bridgehead atoms. The fraction of sp³-hybridized carbons (Fsp3) is 0.176. The van der Waals surface area contributed by atoms with Crippen LogP contribution in [0.15, 0.2) is 41.5 Å². The van der Waals surface area contributed by atoms with Crippen molar-refractivity contribution < 1.29 is 28.2 Å². The van der Waals surface area contributed by atoms with Crippen LogP contribution < -0.4 is 5.01 Å². The summed E-state index contributed by atoms with van der Waals surface area (Å²) in [4.78, 5) is 11.7. The number of anilines is 1. The van der Waals surface area contributed by atoms with Crippen LogP contribution in [0.2, 0.25) is 0 Å². The Bertz CT molecular complexity index is 832. The van der Waals surface area contributed by atoms with Gasteiger partial charge in [-0.2, -0.15) is 23.3 Å². The molecule has 0 saturated carbocycles. The summed E-state index contributed by atoms with van der Waals surface area (Å²) in [6.45, 7) is 3.34. The van der Waals surface area contributed by atoms with E-state index in [0.29, 0.717) is 5.56 Å². The predicted molar refractivity (Wildman–Crippen MR) is 86.8 cm³/mol. The molecule has 0 heterocycles. The van der Waals surface area contributed by atoms with E-state index in [1.54, 1.807) is 26.0 Å². The number of hydrazone groups is 1. The third-order valence-corrected chi connectivity index (χ3v) is 3.34. The van der Waals surface area contributed by atoms with Crippen LogP contribution in [-0.4, -0.2) is 28.5 Å². The summed E-state index contributed by atoms with van der Waals surface area (Å²) in [7, 11) is 0. The van der Waals surface area contributed by atoms with Crippen molar-refractivity contribution in [3.8, 4) is 11.5 Å². The zero-order valence-electron chi connectivity index (χ0n) is 13.4. The average Bonchev–Trinajstić information content (AvgIpc) is 2.51. The molecule has 2 N–H and O–H groups in total. The minimum absolute atomic E-state index is 0.00725. The number of hydrogen-bond acceptors (Lipinski definition) is 4. The molecule has 0 atom stereocenters. The topological polar surface area (TPSA) is 73.1 Å². The first-order valence-electron chi connectivity index (χ1n) is 7.14. The van der Waals surface area contributed by atoms with Gasteiger partial charge < -0.3 is 10.2 Å². The highest BCUT2D eigenvalue weighted by Gasteiger charge is 2.43. The number of aryl methyl sites for hydroxylation is 2. The van der Waals surface area contributed by atoms with Crippen LogP contribution in [0.1, 0.15) is 16.7 Å². The van der Waals surface area contributed by atoms with Crippen molar-refractivity contribution in [1.82, 2.24) is 0 Å². The van der Waals surface area contributed by atoms with Crippen molar-refractivity contribution in [3.63, 3.8) is 0 Å². The van der Waals surface area contributed by atoms with Gasteiger partial charge in [0.15, 0.2) is 11.5 Å². The molecule has 0 aliphatic carbocycles. The van der Waals surface area contributed by atoms with Gasteiger partial charge >= 0.3 is 12.1 Å². The van der Waals surface area contributed by atoms with Crippen LogP contribution in [0.5, 0.6) is 11.5 Å². The molecule has 25 heavy (non-hydrogen) atoms. The average molecular weight is 352 g/mol. The smallest absolute Gasteiger partial charge is 0.473 e. The molecule has 0 unspecified atom stereocenters. The van der Waals surface area contributed by atoms with Gasteiger partial charge in [-0.3, -0.25) is 4.79 Å². The van der Waals surface area contributed by atoms with Crippen molar-refractivity contribution in [3.05, 3.63) is 53.1 Å². The van der Waals surface area contributed by atoms with E-state index in [0.717, 1.165) is 23.9 Å². The van der Waals surface area contributed by atoms with Gasteiger partial charge in [0.05, 0.1) is 11.9 Å². The highest BCUT2D eigenvalue weighted by Crippen LogP contribution is 2.28. The predicted octanol–water partition coefficient (Wildman–Crippen LogP) is 3.64. The van der Waals surface area contributed by atoms with Crippen LogP contribution in [0.25, 0.3) is 0 Å². The monoisotopic (exact) mass is 352 g/mol. The lowest BCUT2D eigenvalue weighted by Gasteiger charge is -2.20. The molecule has 2 aromatic rings. The van der Waals surface area contributed by atoms with Crippen molar-refractivity contribution in [2.24, 2.45) is 5.10 Å². The number of rotatable bonds is 3. The number of carbonyl (C=O) groups is 1. The van der Waals surface area contributed by atoms with Gasteiger partial charge in [0, 0.05) is 0 Å². The molecule has 5 nitrogen and oxygen atoms in total. The molecule has 0 aromatic heterocycles. The van der Waals surface area contributed by atoms with Gasteiger partial charge in [0.1, 0.15) is 0 Å². The van der Waals surface area contributed by atoms with E-state index in [1.165, 1.54) is 12.1 Å². The number of aromatic hydroxyl groups is 2. The van der Waals surface area contributed by atoms with Gasteiger partial charge in [-0.15, -0.1) is 0 Å². The third kappa shape index (κ3) is 4.28. The Morgan fingerprint density at radius 2 is 1.76 bits per heavy atom. The molecule has 2 rings (SSSR count). The number of hydrogen-bond donors (Lipinski definition) is 2. The maximum atomic E-state index is 12.9. The van der Waals surface area contributed by atoms with Gasteiger partial charge in [-0.1, -0.05) is 17.7 Å². The largest absolute Gasteiger partial charge is 0.504 e. The molecule has 0 aliphatic heterocycles. The summed E-state index contributed by atoms with van der Waals surface area (Å²) < 4.78 is 38.7. The molecule has 0 aliphatic rings. The van der Waals surface area contributed by atoms with E-state index in [2.05, 4.69) is 5.10 Å². The second kappa shape index (κ2) is 6.84. The molecule has 8 heteroatoms. The Balaban J connectivity index is 2.46. The SMILES string of the molecule is Cc1ccc(N(/N=C/c2ccc(O)c(O)c2)C(=O)C(F)(F)F)c(C)c1. The highest BCUT2D eigenvalue weighted by atomic mass is 19.4. The Morgan fingerprint density at radius 3 is 2.32 bits per heavy atom. The van der Waals surface area contributed by atoms with E-state index >= 15 is 0 Å². The second-order valence-corrected chi connectivity index (χ2v) is 5.40. The van der Waals surface area contributed by atoms with Crippen LogP contribution in [0.4, 0.5) is 18.9 Å². The Hall–Kier alpha value is -3.03. The number of amides is 1. The normalized spacial score (nSPS) is 11.7. The quantitative estimate of drug-likeness (QED) is 0.503. The fourth-order valence-corrected chi connectivity index (χ4v) is 2.13. The summed E-state index contributed by atoms with van der Waals surface area (Å²) in [5.74, 6) is -2.97. The van der Waals surface area contributed by atoms with Gasteiger partial charge in [0.2, 0.25) is 0 Å². The van der Waals surface area contributed by atoms with E-state index in [9.17, 15) is 28.2 Å². The lowest BCUT2D eigenvalue weighted by atomic mass is 10.1. The number of phenols is 2. The van der Waals surface area contributed by atoms with E-state index in [1.807, 2.05) is 0 Å². The number of benzene rings is 2.